The number of imide groups is 1. The van der Waals surface area contributed by atoms with Crippen LogP contribution >= 0.6 is 34.7 Å². The number of thiophene rings is 1. The van der Waals surface area contributed by atoms with Crippen LogP contribution in [0.25, 0.3) is 10.2 Å². The number of hydrogen-bond acceptors (Lipinski definition) is 6. The molecule has 29 heavy (non-hydrogen) atoms. The first-order valence-corrected chi connectivity index (χ1v) is 11.5. The summed E-state index contributed by atoms with van der Waals surface area (Å²) < 4.78 is 0. The number of nitrogens with zero attached hydrogens (tertiary/aromatic N) is 3. The molecule has 0 spiro atoms. The van der Waals surface area contributed by atoms with E-state index in [2.05, 4.69) is 23.8 Å². The Morgan fingerprint density at radius 2 is 1.97 bits per heavy atom. The second-order valence-electron chi connectivity index (χ2n) is 7.05. The lowest BCUT2D eigenvalue weighted by Gasteiger charge is -2.22. The average molecular weight is 446 g/mol. The van der Waals surface area contributed by atoms with E-state index >= 15 is 0 Å². The molecule has 1 aliphatic rings. The number of carbonyl (C=O) groups is 2. The Kier molecular flexibility index (Phi) is 5.90. The van der Waals surface area contributed by atoms with Crippen molar-refractivity contribution >= 4 is 56.7 Å². The van der Waals surface area contributed by atoms with Gasteiger partial charge in [0.2, 0.25) is 5.91 Å². The summed E-state index contributed by atoms with van der Waals surface area (Å²) in [5, 5.41) is 2.06. The van der Waals surface area contributed by atoms with Crippen molar-refractivity contribution in [3.63, 3.8) is 0 Å². The maximum atomic E-state index is 13.3. The third kappa shape index (κ3) is 4.04. The van der Waals surface area contributed by atoms with Crippen molar-refractivity contribution in [2.24, 2.45) is 0 Å². The summed E-state index contributed by atoms with van der Waals surface area (Å²) in [6.45, 7) is 4.57. The zero-order valence-electron chi connectivity index (χ0n) is 16.1. The molecule has 2 amide bonds. The third-order valence-corrected chi connectivity index (χ3v) is 7.78. The molecule has 0 radical (unpaired) electrons. The van der Waals surface area contributed by atoms with Gasteiger partial charge in [0.05, 0.1) is 5.25 Å². The first-order chi connectivity index (χ1) is 14.0. The van der Waals surface area contributed by atoms with E-state index in [0.29, 0.717) is 17.1 Å². The quantitative estimate of drug-likeness (QED) is 0.405. The normalized spacial score (nSPS) is 17.6. The second-order valence-corrected chi connectivity index (χ2v) is 9.88. The molecule has 0 unspecified atom stereocenters. The van der Waals surface area contributed by atoms with Crippen LogP contribution in [0.4, 0.5) is 0 Å². The number of aryl methyl sites for hydroxylation is 2. The highest BCUT2D eigenvalue weighted by Crippen LogP contribution is 2.38. The van der Waals surface area contributed by atoms with Crippen molar-refractivity contribution in [3.8, 4) is 0 Å². The van der Waals surface area contributed by atoms with Crippen LogP contribution in [0.5, 0.6) is 0 Å². The summed E-state index contributed by atoms with van der Waals surface area (Å²) in [5.41, 5.74) is 1.63. The lowest BCUT2D eigenvalue weighted by molar-refractivity contribution is -0.127. The third-order valence-electron chi connectivity index (χ3n) is 5.16. The lowest BCUT2D eigenvalue weighted by atomic mass is 10.2. The fourth-order valence-electron chi connectivity index (χ4n) is 3.44. The zero-order chi connectivity index (χ0) is 20.5. The standard InChI is InChI=1S/C21H20ClN3O2S2/c1-12-13(2)28-18-17(12)19(24-11-23-18)29-16-5-3-4-10-25(21(16)27)20(26)14-6-8-15(22)9-7-14/h6-9,11,16H,3-5,10H2,1-2H3/t16-/m0/s1. The fraction of sp³-hybridized carbons (Fsp3) is 0.333. The molecular weight excluding hydrogens is 426 g/mol. The summed E-state index contributed by atoms with van der Waals surface area (Å²) in [5.74, 6) is -0.418. The van der Waals surface area contributed by atoms with Gasteiger partial charge in [0.15, 0.2) is 0 Å². The molecule has 1 fully saturated rings. The number of halogens is 1. The van der Waals surface area contributed by atoms with E-state index < -0.39 is 0 Å². The van der Waals surface area contributed by atoms with E-state index in [1.54, 1.807) is 41.9 Å². The van der Waals surface area contributed by atoms with Crippen LogP contribution in [-0.4, -0.2) is 38.5 Å². The summed E-state index contributed by atoms with van der Waals surface area (Å²) in [7, 11) is 0. The molecule has 0 aliphatic carbocycles. The molecule has 3 heterocycles. The predicted molar refractivity (Wildman–Crippen MR) is 118 cm³/mol. The second kappa shape index (κ2) is 8.42. The molecule has 1 saturated heterocycles. The first-order valence-electron chi connectivity index (χ1n) is 9.44. The van der Waals surface area contributed by atoms with E-state index in [1.165, 1.54) is 21.5 Å². The van der Waals surface area contributed by atoms with Gasteiger partial charge in [0.1, 0.15) is 16.2 Å². The largest absolute Gasteiger partial charge is 0.278 e. The van der Waals surface area contributed by atoms with E-state index in [9.17, 15) is 9.59 Å². The molecule has 1 aromatic carbocycles. The van der Waals surface area contributed by atoms with Crippen molar-refractivity contribution in [2.45, 2.75) is 43.4 Å². The van der Waals surface area contributed by atoms with Crippen molar-refractivity contribution < 1.29 is 9.59 Å². The smallest absolute Gasteiger partial charge is 0.260 e. The maximum Gasteiger partial charge on any atom is 0.260 e. The molecule has 3 aromatic rings. The van der Waals surface area contributed by atoms with E-state index in [0.717, 1.165) is 40.1 Å². The van der Waals surface area contributed by atoms with Gasteiger partial charge in [0.25, 0.3) is 5.91 Å². The van der Waals surface area contributed by atoms with Gasteiger partial charge < -0.3 is 0 Å². The number of benzene rings is 1. The number of likely N-dealkylation sites (tertiary alicyclic amines) is 1. The van der Waals surface area contributed by atoms with Crippen molar-refractivity contribution in [1.29, 1.82) is 0 Å². The van der Waals surface area contributed by atoms with Crippen LogP contribution in [0.3, 0.4) is 0 Å². The molecule has 0 bridgehead atoms. The highest BCUT2D eigenvalue weighted by molar-refractivity contribution is 8.00. The molecule has 150 valence electrons. The molecule has 0 saturated carbocycles. The first kappa shape index (κ1) is 20.3. The maximum absolute atomic E-state index is 13.3. The summed E-state index contributed by atoms with van der Waals surface area (Å²) in [6, 6.07) is 6.66. The van der Waals surface area contributed by atoms with Crippen LogP contribution in [0.1, 0.15) is 40.1 Å². The highest BCUT2D eigenvalue weighted by Gasteiger charge is 2.33. The molecule has 0 N–H and O–H groups in total. The molecule has 5 nitrogen and oxygen atoms in total. The van der Waals surface area contributed by atoms with Gasteiger partial charge in [-0.05, 0) is 56.5 Å². The van der Waals surface area contributed by atoms with Crippen molar-refractivity contribution in [1.82, 2.24) is 14.9 Å². The van der Waals surface area contributed by atoms with Gasteiger partial charge in [-0.1, -0.05) is 29.8 Å². The minimum atomic E-state index is -0.341. The number of carbonyl (C=O) groups excluding carboxylic acids is 2. The zero-order valence-corrected chi connectivity index (χ0v) is 18.5. The fourth-order valence-corrected chi connectivity index (χ4v) is 5.89. The summed E-state index contributed by atoms with van der Waals surface area (Å²) >= 11 is 9.02. The Hall–Kier alpha value is -1.96. The molecule has 4 rings (SSSR count). The monoisotopic (exact) mass is 445 g/mol. The molecule has 8 heteroatoms. The Balaban J connectivity index is 1.62. The Labute approximate surface area is 182 Å². The van der Waals surface area contributed by atoms with Crippen LogP contribution in [-0.2, 0) is 4.79 Å². The van der Waals surface area contributed by atoms with Gasteiger partial charge in [-0.3, -0.25) is 14.5 Å². The number of fused-ring (bicyclic) bond motifs is 1. The Bertz CT molecular complexity index is 1080. The molecular formula is C21H20ClN3O2S2. The summed E-state index contributed by atoms with van der Waals surface area (Å²) in [4.78, 5) is 38.6. The SMILES string of the molecule is Cc1sc2ncnc(S[C@H]3CCCCN(C(=O)c4ccc(Cl)cc4)C3=O)c2c1C. The number of amides is 2. The predicted octanol–water partition coefficient (Wildman–Crippen LogP) is 5.28. The van der Waals surface area contributed by atoms with Crippen LogP contribution in [0.2, 0.25) is 5.02 Å². The number of hydrogen-bond donors (Lipinski definition) is 0. The minimum absolute atomic E-state index is 0.149. The average Bonchev–Trinajstić information content (AvgIpc) is 2.89. The van der Waals surface area contributed by atoms with Crippen LogP contribution in [0, 0.1) is 13.8 Å². The van der Waals surface area contributed by atoms with Gasteiger partial charge in [-0.15, -0.1) is 11.3 Å². The number of thioether (sulfide) groups is 1. The van der Waals surface area contributed by atoms with Gasteiger partial charge in [0, 0.05) is 27.4 Å². The van der Waals surface area contributed by atoms with Gasteiger partial charge in [-0.25, -0.2) is 9.97 Å². The van der Waals surface area contributed by atoms with Crippen LogP contribution < -0.4 is 0 Å². The minimum Gasteiger partial charge on any atom is -0.278 e. The van der Waals surface area contributed by atoms with Crippen LogP contribution in [0.15, 0.2) is 35.6 Å². The molecule has 2 aromatic heterocycles. The van der Waals surface area contributed by atoms with Crippen molar-refractivity contribution in [3.05, 3.63) is 51.6 Å². The lowest BCUT2D eigenvalue weighted by Crippen LogP contribution is -2.41. The van der Waals surface area contributed by atoms with E-state index in [1.807, 2.05) is 0 Å². The molecule has 1 aliphatic heterocycles. The Morgan fingerprint density at radius 3 is 2.72 bits per heavy atom. The molecule has 1 atom stereocenters. The summed E-state index contributed by atoms with van der Waals surface area (Å²) in [6.07, 6.45) is 3.97. The van der Waals surface area contributed by atoms with E-state index in [4.69, 9.17) is 11.6 Å². The Morgan fingerprint density at radius 1 is 1.21 bits per heavy atom. The van der Waals surface area contributed by atoms with Crippen molar-refractivity contribution in [2.75, 3.05) is 6.54 Å². The number of rotatable bonds is 3. The van der Waals surface area contributed by atoms with Gasteiger partial charge >= 0.3 is 0 Å². The topological polar surface area (TPSA) is 63.2 Å². The number of aromatic nitrogens is 2. The van der Waals surface area contributed by atoms with E-state index in [-0.39, 0.29) is 17.1 Å². The highest BCUT2D eigenvalue weighted by atomic mass is 35.5. The van der Waals surface area contributed by atoms with Gasteiger partial charge in [-0.2, -0.15) is 0 Å².